The van der Waals surface area contributed by atoms with E-state index in [2.05, 4.69) is 12.2 Å². The highest BCUT2D eigenvalue weighted by molar-refractivity contribution is 5.74. The summed E-state index contributed by atoms with van der Waals surface area (Å²) in [7, 11) is 1.41. The second-order valence-corrected chi connectivity index (χ2v) is 3.84. The number of hydrogen-bond acceptors (Lipinski definition) is 3. The van der Waals surface area contributed by atoms with Crippen LogP contribution in [0.25, 0.3) is 0 Å². The minimum atomic E-state index is -0.170. The normalized spacial score (nSPS) is 41.1. The molecule has 13 heavy (non-hydrogen) atoms. The zero-order valence-electron chi connectivity index (χ0n) is 7.64. The summed E-state index contributed by atoms with van der Waals surface area (Å²) >= 11 is 0. The number of aliphatic hydroxyl groups is 1. The van der Waals surface area contributed by atoms with Crippen molar-refractivity contribution < 1.29 is 14.6 Å². The highest BCUT2D eigenvalue weighted by Crippen LogP contribution is 2.48. The second kappa shape index (κ2) is 3.14. The maximum absolute atomic E-state index is 11.4. The van der Waals surface area contributed by atoms with Crippen molar-refractivity contribution >= 4 is 5.97 Å². The zero-order chi connectivity index (χ0) is 9.42. The molecule has 2 bridgehead atoms. The first-order chi connectivity index (χ1) is 6.27. The molecule has 0 heterocycles. The van der Waals surface area contributed by atoms with Crippen molar-refractivity contribution in [1.82, 2.24) is 0 Å². The highest BCUT2D eigenvalue weighted by atomic mass is 16.5. The number of rotatable bonds is 2. The van der Waals surface area contributed by atoms with Crippen LogP contribution in [0.5, 0.6) is 0 Å². The van der Waals surface area contributed by atoms with Crippen molar-refractivity contribution in [3.8, 4) is 0 Å². The Hall–Kier alpha value is -0.830. The molecule has 2 rings (SSSR count). The Labute approximate surface area is 77.4 Å². The fourth-order valence-corrected chi connectivity index (χ4v) is 2.66. The van der Waals surface area contributed by atoms with E-state index in [0.29, 0.717) is 11.8 Å². The first-order valence-corrected chi connectivity index (χ1v) is 4.65. The van der Waals surface area contributed by atoms with Gasteiger partial charge in [-0.05, 0) is 18.3 Å². The lowest BCUT2D eigenvalue weighted by atomic mass is 9.84. The standard InChI is InChI=1S/C10H14O3/c1-13-10(12)9-7-3-2-6(4-7)8(9)5-11/h2-3,6-9,11H,4-5H2,1H3/t6?,7?,8-,9-/m1/s1. The van der Waals surface area contributed by atoms with E-state index in [1.165, 1.54) is 7.11 Å². The summed E-state index contributed by atoms with van der Waals surface area (Å²) in [5.74, 6) is 0.497. The Kier molecular flexibility index (Phi) is 2.12. The van der Waals surface area contributed by atoms with Crippen LogP contribution in [0.3, 0.4) is 0 Å². The average Bonchev–Trinajstić information content (AvgIpc) is 2.74. The fraction of sp³-hybridized carbons (Fsp3) is 0.700. The van der Waals surface area contributed by atoms with E-state index < -0.39 is 0 Å². The van der Waals surface area contributed by atoms with Gasteiger partial charge in [-0.1, -0.05) is 12.2 Å². The van der Waals surface area contributed by atoms with Crippen LogP contribution in [0, 0.1) is 23.7 Å². The lowest BCUT2D eigenvalue weighted by molar-refractivity contribution is -0.148. The van der Waals surface area contributed by atoms with Crippen LogP contribution >= 0.6 is 0 Å². The molecule has 0 aromatic carbocycles. The Morgan fingerprint density at radius 1 is 1.54 bits per heavy atom. The summed E-state index contributed by atoms with van der Waals surface area (Å²) < 4.78 is 4.73. The van der Waals surface area contributed by atoms with Crippen LogP contribution in [0.15, 0.2) is 12.2 Å². The fourth-order valence-electron chi connectivity index (χ4n) is 2.66. The van der Waals surface area contributed by atoms with E-state index in [4.69, 9.17) is 9.84 Å². The highest BCUT2D eigenvalue weighted by Gasteiger charge is 2.48. The monoisotopic (exact) mass is 182 g/mol. The van der Waals surface area contributed by atoms with E-state index in [9.17, 15) is 4.79 Å². The van der Waals surface area contributed by atoms with E-state index in [-0.39, 0.29) is 24.4 Å². The summed E-state index contributed by atoms with van der Waals surface area (Å²) in [5.41, 5.74) is 0. The van der Waals surface area contributed by atoms with Crippen LogP contribution in [-0.4, -0.2) is 24.8 Å². The minimum Gasteiger partial charge on any atom is -0.469 e. The molecule has 72 valence electrons. The second-order valence-electron chi connectivity index (χ2n) is 3.84. The molecule has 4 atom stereocenters. The van der Waals surface area contributed by atoms with Gasteiger partial charge in [-0.15, -0.1) is 0 Å². The van der Waals surface area contributed by atoms with Crippen LogP contribution in [-0.2, 0) is 9.53 Å². The molecule has 2 aliphatic rings. The third-order valence-electron chi connectivity index (χ3n) is 3.31. The van der Waals surface area contributed by atoms with E-state index in [0.717, 1.165) is 6.42 Å². The molecule has 1 fully saturated rings. The van der Waals surface area contributed by atoms with Crippen molar-refractivity contribution in [3.63, 3.8) is 0 Å². The van der Waals surface area contributed by atoms with E-state index in [1.54, 1.807) is 0 Å². The average molecular weight is 182 g/mol. The van der Waals surface area contributed by atoms with E-state index in [1.807, 2.05) is 0 Å². The number of carbonyl (C=O) groups is 1. The Balaban J connectivity index is 2.18. The summed E-state index contributed by atoms with van der Waals surface area (Å²) in [6.45, 7) is 0.0886. The van der Waals surface area contributed by atoms with Crippen LogP contribution in [0.4, 0.5) is 0 Å². The molecule has 0 radical (unpaired) electrons. The molecule has 0 amide bonds. The van der Waals surface area contributed by atoms with Crippen LogP contribution in [0.1, 0.15) is 6.42 Å². The van der Waals surface area contributed by atoms with Crippen molar-refractivity contribution in [3.05, 3.63) is 12.2 Å². The lowest BCUT2D eigenvalue weighted by Gasteiger charge is -2.23. The molecule has 0 aliphatic heterocycles. The van der Waals surface area contributed by atoms with Gasteiger partial charge in [0.05, 0.1) is 13.0 Å². The van der Waals surface area contributed by atoms with Crippen molar-refractivity contribution in [2.45, 2.75) is 6.42 Å². The summed E-state index contributed by atoms with van der Waals surface area (Å²) in [5, 5.41) is 9.16. The van der Waals surface area contributed by atoms with Gasteiger partial charge in [-0.3, -0.25) is 4.79 Å². The maximum atomic E-state index is 11.4. The molecule has 2 aliphatic carbocycles. The number of ether oxygens (including phenoxy) is 1. The maximum Gasteiger partial charge on any atom is 0.309 e. The van der Waals surface area contributed by atoms with Gasteiger partial charge in [0.1, 0.15) is 0 Å². The number of methoxy groups -OCH3 is 1. The number of fused-ring (bicyclic) bond motifs is 2. The molecule has 0 spiro atoms. The van der Waals surface area contributed by atoms with Crippen molar-refractivity contribution in [2.75, 3.05) is 13.7 Å². The lowest BCUT2D eigenvalue weighted by Crippen LogP contribution is -2.30. The molecule has 3 heteroatoms. The molecule has 2 unspecified atom stereocenters. The topological polar surface area (TPSA) is 46.5 Å². The Bertz CT molecular complexity index is 247. The van der Waals surface area contributed by atoms with Gasteiger partial charge in [-0.2, -0.15) is 0 Å². The van der Waals surface area contributed by atoms with E-state index >= 15 is 0 Å². The van der Waals surface area contributed by atoms with Crippen molar-refractivity contribution in [2.24, 2.45) is 23.7 Å². The third kappa shape index (κ3) is 1.18. The van der Waals surface area contributed by atoms with Gasteiger partial charge in [-0.25, -0.2) is 0 Å². The van der Waals surface area contributed by atoms with Gasteiger partial charge in [0.15, 0.2) is 0 Å². The predicted octanol–water partition coefficient (Wildman–Crippen LogP) is 0.590. The van der Waals surface area contributed by atoms with Gasteiger partial charge in [0.25, 0.3) is 0 Å². The molecule has 1 saturated carbocycles. The number of aliphatic hydroxyl groups excluding tert-OH is 1. The number of carbonyl (C=O) groups excluding carboxylic acids is 1. The number of allylic oxidation sites excluding steroid dienone is 2. The predicted molar refractivity (Wildman–Crippen MR) is 46.8 cm³/mol. The summed E-state index contributed by atoms with van der Waals surface area (Å²) in [6, 6.07) is 0. The summed E-state index contributed by atoms with van der Waals surface area (Å²) in [4.78, 5) is 11.4. The SMILES string of the molecule is COC(=O)[C@@H]1C2C=CC(C2)[C@H]1CO. The Morgan fingerprint density at radius 2 is 2.23 bits per heavy atom. The molecule has 0 aromatic rings. The van der Waals surface area contributed by atoms with Crippen LogP contribution < -0.4 is 0 Å². The van der Waals surface area contributed by atoms with Gasteiger partial charge in [0.2, 0.25) is 0 Å². The largest absolute Gasteiger partial charge is 0.469 e. The van der Waals surface area contributed by atoms with Gasteiger partial charge < -0.3 is 9.84 Å². The first-order valence-electron chi connectivity index (χ1n) is 4.65. The molecular weight excluding hydrogens is 168 g/mol. The van der Waals surface area contributed by atoms with Crippen molar-refractivity contribution in [1.29, 1.82) is 0 Å². The zero-order valence-corrected chi connectivity index (χ0v) is 7.64. The molecule has 1 N–H and O–H groups in total. The minimum absolute atomic E-state index is 0.0856. The number of hydrogen-bond donors (Lipinski definition) is 1. The van der Waals surface area contributed by atoms with Gasteiger partial charge >= 0.3 is 5.97 Å². The molecule has 0 aromatic heterocycles. The number of esters is 1. The smallest absolute Gasteiger partial charge is 0.309 e. The summed E-state index contributed by atoms with van der Waals surface area (Å²) in [6.07, 6.45) is 5.20. The third-order valence-corrected chi connectivity index (χ3v) is 3.31. The van der Waals surface area contributed by atoms with Gasteiger partial charge in [0, 0.05) is 12.5 Å². The molecule has 3 nitrogen and oxygen atoms in total. The Morgan fingerprint density at radius 3 is 2.85 bits per heavy atom. The molecule has 0 saturated heterocycles. The first kappa shape index (κ1) is 8.75. The molecular formula is C10H14O3. The quantitative estimate of drug-likeness (QED) is 0.502. The van der Waals surface area contributed by atoms with Crippen LogP contribution in [0.2, 0.25) is 0 Å².